The highest BCUT2D eigenvalue weighted by molar-refractivity contribution is 7.80. The van der Waals surface area contributed by atoms with Crippen molar-refractivity contribution in [1.82, 2.24) is 5.32 Å². The van der Waals surface area contributed by atoms with E-state index in [1.165, 1.54) is 0 Å². The van der Waals surface area contributed by atoms with Gasteiger partial charge in [0.2, 0.25) is 0 Å². The van der Waals surface area contributed by atoms with Crippen LogP contribution in [0.15, 0.2) is 42.5 Å². The first-order valence-electron chi connectivity index (χ1n) is 7.23. The summed E-state index contributed by atoms with van der Waals surface area (Å²) in [4.78, 5) is 0. The Balaban J connectivity index is 1.96. The van der Waals surface area contributed by atoms with Crippen LogP contribution in [0.25, 0.3) is 0 Å². The number of thiocarbonyl (C=S) groups is 1. The maximum atomic E-state index is 6.09. The smallest absolute Gasteiger partial charge is 0.171 e. The van der Waals surface area contributed by atoms with Crippen molar-refractivity contribution in [2.75, 3.05) is 19.0 Å². The average molecular weight is 351 g/mol. The van der Waals surface area contributed by atoms with E-state index in [9.17, 15) is 0 Å². The molecule has 2 aromatic rings. The minimum Gasteiger partial charge on any atom is -0.493 e. The normalized spacial score (nSPS) is 10.0. The second-order valence-corrected chi connectivity index (χ2v) is 5.52. The maximum Gasteiger partial charge on any atom is 0.171 e. The van der Waals surface area contributed by atoms with Crippen LogP contribution in [0.3, 0.4) is 0 Å². The fourth-order valence-corrected chi connectivity index (χ4v) is 2.38. The van der Waals surface area contributed by atoms with Gasteiger partial charge in [-0.25, -0.2) is 0 Å². The fraction of sp³-hybridized carbons (Fsp3) is 0.235. The molecule has 6 heteroatoms. The van der Waals surface area contributed by atoms with Gasteiger partial charge in [0.05, 0.1) is 24.4 Å². The van der Waals surface area contributed by atoms with Crippen molar-refractivity contribution >= 4 is 34.6 Å². The van der Waals surface area contributed by atoms with Crippen molar-refractivity contribution in [2.45, 2.75) is 13.5 Å². The monoisotopic (exact) mass is 350 g/mol. The summed E-state index contributed by atoms with van der Waals surface area (Å²) in [6.07, 6.45) is 0. The van der Waals surface area contributed by atoms with Gasteiger partial charge in [-0.05, 0) is 49.0 Å². The number of hydrogen-bond acceptors (Lipinski definition) is 3. The molecule has 0 aliphatic heterocycles. The number of benzene rings is 2. The largest absolute Gasteiger partial charge is 0.493 e. The summed E-state index contributed by atoms with van der Waals surface area (Å²) in [6, 6.07) is 13.2. The zero-order valence-corrected chi connectivity index (χ0v) is 14.6. The molecule has 0 saturated carbocycles. The highest BCUT2D eigenvalue weighted by atomic mass is 35.5. The molecule has 2 aromatic carbocycles. The van der Waals surface area contributed by atoms with Crippen LogP contribution < -0.4 is 20.1 Å². The summed E-state index contributed by atoms with van der Waals surface area (Å²) in [5, 5.41) is 7.35. The standard InChI is InChI=1S/C17H19ClN2O2S/c1-3-22-16-10-12(8-9-15(16)21-2)11-19-17(23)20-14-7-5-4-6-13(14)18/h4-10H,3,11H2,1-2H3,(H2,19,20,23). The van der Waals surface area contributed by atoms with E-state index in [1.54, 1.807) is 7.11 Å². The number of rotatable bonds is 6. The minimum absolute atomic E-state index is 0.506. The number of hydrogen-bond donors (Lipinski definition) is 2. The molecule has 4 nitrogen and oxygen atoms in total. The van der Waals surface area contributed by atoms with E-state index in [0.717, 1.165) is 17.0 Å². The molecule has 0 unspecified atom stereocenters. The predicted octanol–water partition coefficient (Wildman–Crippen LogP) is 4.23. The maximum absolute atomic E-state index is 6.09. The van der Waals surface area contributed by atoms with E-state index in [1.807, 2.05) is 49.4 Å². The molecule has 0 heterocycles. The van der Waals surface area contributed by atoms with Crippen molar-refractivity contribution in [3.63, 3.8) is 0 Å². The summed E-state index contributed by atoms with van der Waals surface area (Å²) in [6.45, 7) is 3.09. The summed E-state index contributed by atoms with van der Waals surface area (Å²) in [7, 11) is 1.62. The molecule has 0 aromatic heterocycles. The quantitative estimate of drug-likeness (QED) is 0.763. The molecule has 0 bridgehead atoms. The lowest BCUT2D eigenvalue weighted by atomic mass is 10.2. The van der Waals surface area contributed by atoms with Gasteiger partial charge in [0, 0.05) is 6.54 Å². The topological polar surface area (TPSA) is 42.5 Å². The molecular weight excluding hydrogens is 332 g/mol. The number of anilines is 1. The highest BCUT2D eigenvalue weighted by Gasteiger charge is 2.06. The zero-order chi connectivity index (χ0) is 16.7. The third kappa shape index (κ3) is 5.01. The lowest BCUT2D eigenvalue weighted by molar-refractivity contribution is 0.310. The van der Waals surface area contributed by atoms with Gasteiger partial charge in [-0.15, -0.1) is 0 Å². The van der Waals surface area contributed by atoms with Crippen LogP contribution in [-0.2, 0) is 6.54 Å². The Morgan fingerprint density at radius 2 is 1.96 bits per heavy atom. The number of nitrogens with one attached hydrogen (secondary N) is 2. The van der Waals surface area contributed by atoms with E-state index in [-0.39, 0.29) is 0 Å². The SMILES string of the molecule is CCOc1cc(CNC(=S)Nc2ccccc2Cl)ccc1OC. The number of methoxy groups -OCH3 is 1. The zero-order valence-electron chi connectivity index (χ0n) is 13.1. The molecule has 122 valence electrons. The first-order valence-corrected chi connectivity index (χ1v) is 8.01. The molecule has 0 aliphatic rings. The Bertz CT molecular complexity index is 679. The molecule has 0 radical (unpaired) electrons. The van der Waals surface area contributed by atoms with E-state index in [2.05, 4.69) is 10.6 Å². The number of ether oxygens (including phenoxy) is 2. The third-order valence-corrected chi connectivity index (χ3v) is 3.68. The molecule has 0 spiro atoms. The van der Waals surface area contributed by atoms with E-state index in [4.69, 9.17) is 33.3 Å². The first-order chi connectivity index (χ1) is 11.1. The van der Waals surface area contributed by atoms with Crippen molar-refractivity contribution in [2.24, 2.45) is 0 Å². The van der Waals surface area contributed by atoms with Crippen molar-refractivity contribution in [3.8, 4) is 11.5 Å². The Kier molecular flexibility index (Phi) is 6.50. The van der Waals surface area contributed by atoms with Crippen LogP contribution in [0.1, 0.15) is 12.5 Å². The van der Waals surface area contributed by atoms with Gasteiger partial charge in [-0.2, -0.15) is 0 Å². The van der Waals surface area contributed by atoms with Crippen LogP contribution >= 0.6 is 23.8 Å². The Morgan fingerprint density at radius 1 is 1.17 bits per heavy atom. The van der Waals surface area contributed by atoms with E-state index in [0.29, 0.717) is 29.0 Å². The first kappa shape index (κ1) is 17.4. The van der Waals surface area contributed by atoms with Crippen molar-refractivity contribution in [1.29, 1.82) is 0 Å². The average Bonchev–Trinajstić information content (AvgIpc) is 2.55. The summed E-state index contributed by atoms with van der Waals surface area (Å²) in [5.41, 5.74) is 1.81. The molecule has 2 rings (SSSR count). The second kappa shape index (κ2) is 8.60. The van der Waals surface area contributed by atoms with Gasteiger partial charge < -0.3 is 20.1 Å². The molecule has 0 atom stereocenters. The summed E-state index contributed by atoms with van der Waals surface area (Å²) in [5.74, 6) is 1.44. The Labute approximate surface area is 146 Å². The summed E-state index contributed by atoms with van der Waals surface area (Å²) >= 11 is 11.4. The van der Waals surface area contributed by atoms with Gasteiger partial charge >= 0.3 is 0 Å². The van der Waals surface area contributed by atoms with Gasteiger partial charge in [-0.3, -0.25) is 0 Å². The van der Waals surface area contributed by atoms with Crippen LogP contribution in [0, 0.1) is 0 Å². The predicted molar refractivity (Wildman–Crippen MR) is 98.7 cm³/mol. The Morgan fingerprint density at radius 3 is 2.65 bits per heavy atom. The molecule has 0 saturated heterocycles. The molecule has 0 amide bonds. The van der Waals surface area contributed by atoms with Crippen LogP contribution in [-0.4, -0.2) is 18.8 Å². The second-order valence-electron chi connectivity index (χ2n) is 4.71. The molecule has 0 fully saturated rings. The molecule has 23 heavy (non-hydrogen) atoms. The minimum atomic E-state index is 0.506. The number of para-hydroxylation sites is 1. The molecule has 0 aliphatic carbocycles. The van der Waals surface area contributed by atoms with E-state index >= 15 is 0 Å². The van der Waals surface area contributed by atoms with Gasteiger partial charge in [-0.1, -0.05) is 29.8 Å². The molecule has 2 N–H and O–H groups in total. The van der Waals surface area contributed by atoms with Gasteiger partial charge in [0.25, 0.3) is 0 Å². The van der Waals surface area contributed by atoms with Crippen LogP contribution in [0.4, 0.5) is 5.69 Å². The number of halogens is 1. The lowest BCUT2D eigenvalue weighted by Crippen LogP contribution is -2.28. The third-order valence-electron chi connectivity index (χ3n) is 3.10. The van der Waals surface area contributed by atoms with E-state index < -0.39 is 0 Å². The van der Waals surface area contributed by atoms with Crippen molar-refractivity contribution < 1.29 is 9.47 Å². The Hall–Kier alpha value is -1.98. The summed E-state index contributed by atoms with van der Waals surface area (Å²) < 4.78 is 10.8. The van der Waals surface area contributed by atoms with Crippen molar-refractivity contribution in [3.05, 3.63) is 53.1 Å². The van der Waals surface area contributed by atoms with Gasteiger partial charge in [0.15, 0.2) is 16.6 Å². The van der Waals surface area contributed by atoms with Crippen LogP contribution in [0.2, 0.25) is 5.02 Å². The molecular formula is C17H19ClN2O2S. The van der Waals surface area contributed by atoms with Crippen LogP contribution in [0.5, 0.6) is 11.5 Å². The fourth-order valence-electron chi connectivity index (χ4n) is 2.01. The van der Waals surface area contributed by atoms with Gasteiger partial charge in [0.1, 0.15) is 0 Å². The lowest BCUT2D eigenvalue weighted by Gasteiger charge is -2.14. The highest BCUT2D eigenvalue weighted by Crippen LogP contribution is 2.28.